The van der Waals surface area contributed by atoms with Crippen molar-refractivity contribution in [2.24, 2.45) is 11.5 Å². The molecule has 0 saturated heterocycles. The van der Waals surface area contributed by atoms with E-state index in [-0.39, 0.29) is 11.8 Å². The van der Waals surface area contributed by atoms with Crippen LogP contribution in [0, 0.1) is 0 Å². The van der Waals surface area contributed by atoms with E-state index in [9.17, 15) is 4.79 Å². The molecule has 1 aromatic rings. The fourth-order valence-electron chi connectivity index (χ4n) is 1.19. The first-order valence-electron chi connectivity index (χ1n) is 4.87. The molecule has 1 atom stereocenters. The third kappa shape index (κ3) is 3.25. The van der Waals surface area contributed by atoms with E-state index in [1.54, 1.807) is 6.92 Å². The number of rotatable bonds is 5. The molecule has 15 heavy (non-hydrogen) atoms. The van der Waals surface area contributed by atoms with Crippen molar-refractivity contribution in [3.63, 3.8) is 0 Å². The molecule has 82 valence electrons. The van der Waals surface area contributed by atoms with Gasteiger partial charge in [0.1, 0.15) is 12.4 Å². The average molecular weight is 208 g/mol. The van der Waals surface area contributed by atoms with Gasteiger partial charge in [-0.1, -0.05) is 12.1 Å². The van der Waals surface area contributed by atoms with Gasteiger partial charge in [0.2, 0.25) is 5.91 Å². The molecule has 1 rings (SSSR count). The van der Waals surface area contributed by atoms with Crippen LogP contribution in [0.25, 0.3) is 0 Å². The standard InChI is InChI=1S/C11H16N2O2/c1-8(11(13)14)9-2-4-10(5-3-9)15-7-6-12/h2-5,8H,6-7,12H2,1H3,(H2,13,14). The van der Waals surface area contributed by atoms with Crippen LogP contribution in [-0.2, 0) is 4.79 Å². The average Bonchev–Trinajstić information content (AvgIpc) is 2.26. The van der Waals surface area contributed by atoms with Crippen molar-refractivity contribution in [1.29, 1.82) is 0 Å². The van der Waals surface area contributed by atoms with E-state index in [4.69, 9.17) is 16.2 Å². The minimum absolute atomic E-state index is 0.270. The van der Waals surface area contributed by atoms with E-state index in [0.717, 1.165) is 11.3 Å². The largest absolute Gasteiger partial charge is 0.492 e. The van der Waals surface area contributed by atoms with Crippen LogP contribution in [0.4, 0.5) is 0 Å². The van der Waals surface area contributed by atoms with E-state index in [2.05, 4.69) is 0 Å². The Hall–Kier alpha value is -1.55. The van der Waals surface area contributed by atoms with Gasteiger partial charge in [0.05, 0.1) is 5.92 Å². The Kier molecular flexibility index (Phi) is 4.12. The van der Waals surface area contributed by atoms with Crippen LogP contribution in [0.3, 0.4) is 0 Å². The Bertz CT molecular complexity index is 322. The molecule has 0 saturated carbocycles. The summed E-state index contributed by atoms with van der Waals surface area (Å²) in [6.07, 6.45) is 0. The van der Waals surface area contributed by atoms with E-state index in [1.165, 1.54) is 0 Å². The summed E-state index contributed by atoms with van der Waals surface area (Å²) >= 11 is 0. The normalized spacial score (nSPS) is 12.1. The highest BCUT2D eigenvalue weighted by Crippen LogP contribution is 2.18. The summed E-state index contributed by atoms with van der Waals surface area (Å²) in [5, 5.41) is 0. The second kappa shape index (κ2) is 5.36. The van der Waals surface area contributed by atoms with Gasteiger partial charge < -0.3 is 16.2 Å². The predicted molar refractivity (Wildman–Crippen MR) is 58.6 cm³/mol. The highest BCUT2D eigenvalue weighted by atomic mass is 16.5. The Morgan fingerprint density at radius 1 is 1.40 bits per heavy atom. The van der Waals surface area contributed by atoms with E-state index in [0.29, 0.717) is 13.2 Å². The fraction of sp³-hybridized carbons (Fsp3) is 0.364. The molecule has 0 aliphatic carbocycles. The third-order valence-corrected chi connectivity index (χ3v) is 2.19. The number of hydrogen-bond acceptors (Lipinski definition) is 3. The summed E-state index contributed by atoms with van der Waals surface area (Å²) < 4.78 is 5.31. The number of ether oxygens (including phenoxy) is 1. The lowest BCUT2D eigenvalue weighted by atomic mass is 10.0. The minimum atomic E-state index is -0.328. The molecule has 1 amide bonds. The Morgan fingerprint density at radius 3 is 2.47 bits per heavy atom. The number of benzene rings is 1. The second-order valence-electron chi connectivity index (χ2n) is 3.33. The maximum atomic E-state index is 10.9. The monoisotopic (exact) mass is 208 g/mol. The third-order valence-electron chi connectivity index (χ3n) is 2.19. The minimum Gasteiger partial charge on any atom is -0.492 e. The van der Waals surface area contributed by atoms with Crippen LogP contribution in [0.2, 0.25) is 0 Å². The number of carbonyl (C=O) groups excluding carboxylic acids is 1. The van der Waals surface area contributed by atoms with Gasteiger partial charge in [0, 0.05) is 6.54 Å². The van der Waals surface area contributed by atoms with Crippen LogP contribution < -0.4 is 16.2 Å². The first-order valence-corrected chi connectivity index (χ1v) is 4.87. The molecule has 4 N–H and O–H groups in total. The van der Waals surface area contributed by atoms with Gasteiger partial charge in [0.25, 0.3) is 0 Å². The molecule has 0 fully saturated rings. The SMILES string of the molecule is CC(C(N)=O)c1ccc(OCCN)cc1. The van der Waals surface area contributed by atoms with Crippen LogP contribution in [0.15, 0.2) is 24.3 Å². The van der Waals surface area contributed by atoms with Crippen molar-refractivity contribution < 1.29 is 9.53 Å². The van der Waals surface area contributed by atoms with Gasteiger partial charge in [0.15, 0.2) is 0 Å². The summed E-state index contributed by atoms with van der Waals surface area (Å²) in [7, 11) is 0. The maximum absolute atomic E-state index is 10.9. The smallest absolute Gasteiger partial charge is 0.224 e. The maximum Gasteiger partial charge on any atom is 0.224 e. The summed E-state index contributed by atoms with van der Waals surface area (Å²) in [5.41, 5.74) is 11.4. The Balaban J connectivity index is 2.67. The number of primary amides is 1. The molecular formula is C11H16N2O2. The van der Waals surface area contributed by atoms with E-state index < -0.39 is 0 Å². The van der Waals surface area contributed by atoms with E-state index >= 15 is 0 Å². The molecule has 1 unspecified atom stereocenters. The summed E-state index contributed by atoms with van der Waals surface area (Å²) in [6, 6.07) is 7.29. The quantitative estimate of drug-likeness (QED) is 0.744. The molecule has 0 heterocycles. The van der Waals surface area contributed by atoms with Crippen molar-refractivity contribution in [3.8, 4) is 5.75 Å². The first kappa shape index (κ1) is 11.5. The molecule has 0 spiro atoms. The van der Waals surface area contributed by atoms with Crippen molar-refractivity contribution in [1.82, 2.24) is 0 Å². The molecule has 0 aromatic heterocycles. The van der Waals surface area contributed by atoms with Crippen LogP contribution in [-0.4, -0.2) is 19.1 Å². The van der Waals surface area contributed by atoms with Crippen LogP contribution >= 0.6 is 0 Å². The van der Waals surface area contributed by atoms with Crippen LogP contribution in [0.5, 0.6) is 5.75 Å². The van der Waals surface area contributed by atoms with Crippen molar-refractivity contribution in [2.75, 3.05) is 13.2 Å². The van der Waals surface area contributed by atoms with Crippen LogP contribution in [0.1, 0.15) is 18.4 Å². The van der Waals surface area contributed by atoms with Crippen molar-refractivity contribution in [3.05, 3.63) is 29.8 Å². The van der Waals surface area contributed by atoms with Gasteiger partial charge in [-0.2, -0.15) is 0 Å². The molecule has 4 heteroatoms. The summed E-state index contributed by atoms with van der Waals surface area (Å²) in [4.78, 5) is 10.9. The lowest BCUT2D eigenvalue weighted by Crippen LogP contribution is -2.18. The lowest BCUT2D eigenvalue weighted by Gasteiger charge is -2.09. The Morgan fingerprint density at radius 2 is 2.00 bits per heavy atom. The summed E-state index contributed by atoms with van der Waals surface area (Å²) in [5.74, 6) is 0.153. The summed E-state index contributed by atoms with van der Waals surface area (Å²) in [6.45, 7) is 2.75. The van der Waals surface area contributed by atoms with Gasteiger partial charge >= 0.3 is 0 Å². The highest BCUT2D eigenvalue weighted by molar-refractivity contribution is 5.81. The molecule has 0 bridgehead atoms. The molecule has 4 nitrogen and oxygen atoms in total. The number of amides is 1. The number of hydrogen-bond donors (Lipinski definition) is 2. The Labute approximate surface area is 89.2 Å². The van der Waals surface area contributed by atoms with Gasteiger partial charge in [-0.3, -0.25) is 4.79 Å². The molecule has 0 aliphatic heterocycles. The lowest BCUT2D eigenvalue weighted by molar-refractivity contribution is -0.119. The molecule has 0 aliphatic rings. The van der Waals surface area contributed by atoms with Crippen molar-refractivity contribution in [2.45, 2.75) is 12.8 Å². The predicted octanol–water partition coefficient (Wildman–Crippen LogP) is 0.613. The topological polar surface area (TPSA) is 78.3 Å². The fourth-order valence-corrected chi connectivity index (χ4v) is 1.19. The molecule has 0 radical (unpaired) electrons. The zero-order chi connectivity index (χ0) is 11.3. The van der Waals surface area contributed by atoms with Gasteiger partial charge in [-0.05, 0) is 24.6 Å². The number of carbonyl (C=O) groups is 1. The zero-order valence-corrected chi connectivity index (χ0v) is 8.77. The second-order valence-corrected chi connectivity index (χ2v) is 3.33. The zero-order valence-electron chi connectivity index (χ0n) is 8.77. The van der Waals surface area contributed by atoms with Gasteiger partial charge in [-0.15, -0.1) is 0 Å². The molecular weight excluding hydrogens is 192 g/mol. The van der Waals surface area contributed by atoms with Gasteiger partial charge in [-0.25, -0.2) is 0 Å². The number of nitrogens with two attached hydrogens (primary N) is 2. The van der Waals surface area contributed by atoms with E-state index in [1.807, 2.05) is 24.3 Å². The first-order chi connectivity index (χ1) is 7.15. The van der Waals surface area contributed by atoms with Crippen molar-refractivity contribution >= 4 is 5.91 Å². The highest BCUT2D eigenvalue weighted by Gasteiger charge is 2.10. The molecule has 1 aromatic carbocycles.